The Morgan fingerprint density at radius 1 is 1.40 bits per heavy atom. The van der Waals surface area contributed by atoms with Crippen molar-refractivity contribution in [1.82, 2.24) is 5.32 Å². The zero-order valence-corrected chi connectivity index (χ0v) is 14.0. The molecule has 114 valence electrons. The second kappa shape index (κ2) is 8.16. The first-order valence-electron chi connectivity index (χ1n) is 8.09. The quantitative estimate of drug-likeness (QED) is 0.739. The first kappa shape index (κ1) is 16.0. The average Bonchev–Trinajstić information content (AvgIpc) is 2.77. The van der Waals surface area contributed by atoms with E-state index < -0.39 is 0 Å². The lowest BCUT2D eigenvalue weighted by Crippen LogP contribution is -2.21. The number of aryl methyl sites for hydroxylation is 1. The molecule has 2 unspecified atom stereocenters. The molecule has 1 saturated carbocycles. The number of rotatable bonds is 7. The molecular weight excluding hydrogens is 266 g/mol. The SMILES string of the molecule is CCCNCc1cc(COC2CCCC(C)C2)c(C)s1. The smallest absolute Gasteiger partial charge is 0.0731 e. The van der Waals surface area contributed by atoms with E-state index in [1.54, 1.807) is 0 Å². The standard InChI is InChI=1S/C17H29NOS/c1-4-8-18-11-17-10-15(14(3)20-17)12-19-16-7-5-6-13(2)9-16/h10,13,16,18H,4-9,11-12H2,1-3H3. The molecule has 3 heteroatoms. The summed E-state index contributed by atoms with van der Waals surface area (Å²) in [5, 5.41) is 3.47. The molecule has 1 heterocycles. The first-order valence-corrected chi connectivity index (χ1v) is 8.91. The molecule has 0 bridgehead atoms. The van der Waals surface area contributed by atoms with Gasteiger partial charge in [0.25, 0.3) is 0 Å². The van der Waals surface area contributed by atoms with Crippen molar-refractivity contribution in [3.63, 3.8) is 0 Å². The van der Waals surface area contributed by atoms with Gasteiger partial charge in [-0.05, 0) is 50.3 Å². The number of hydrogen-bond donors (Lipinski definition) is 1. The third-order valence-corrected chi connectivity index (χ3v) is 5.25. The molecule has 0 aromatic carbocycles. The summed E-state index contributed by atoms with van der Waals surface area (Å²) in [7, 11) is 0. The molecule has 2 atom stereocenters. The van der Waals surface area contributed by atoms with E-state index in [-0.39, 0.29) is 0 Å². The Balaban J connectivity index is 1.80. The summed E-state index contributed by atoms with van der Waals surface area (Å²) in [5.41, 5.74) is 1.39. The lowest BCUT2D eigenvalue weighted by Gasteiger charge is -2.26. The topological polar surface area (TPSA) is 21.3 Å². The van der Waals surface area contributed by atoms with Crippen LogP contribution in [0.1, 0.15) is 61.3 Å². The van der Waals surface area contributed by atoms with Gasteiger partial charge >= 0.3 is 0 Å². The van der Waals surface area contributed by atoms with Crippen LogP contribution >= 0.6 is 11.3 Å². The molecule has 0 spiro atoms. The molecule has 0 saturated heterocycles. The minimum absolute atomic E-state index is 0.486. The Labute approximate surface area is 127 Å². The van der Waals surface area contributed by atoms with E-state index in [0.717, 1.165) is 25.6 Å². The predicted octanol–water partition coefficient (Wildman–Crippen LogP) is 4.65. The molecule has 1 aromatic heterocycles. The molecule has 2 nitrogen and oxygen atoms in total. The fourth-order valence-corrected chi connectivity index (χ4v) is 3.96. The largest absolute Gasteiger partial charge is 0.373 e. The van der Waals surface area contributed by atoms with Gasteiger partial charge in [-0.15, -0.1) is 11.3 Å². The van der Waals surface area contributed by atoms with Gasteiger partial charge in [-0.2, -0.15) is 0 Å². The second-order valence-electron chi connectivity index (χ2n) is 6.18. The summed E-state index contributed by atoms with van der Waals surface area (Å²) in [4.78, 5) is 2.86. The van der Waals surface area contributed by atoms with Crippen molar-refractivity contribution in [1.29, 1.82) is 0 Å². The van der Waals surface area contributed by atoms with Crippen molar-refractivity contribution in [2.24, 2.45) is 5.92 Å². The van der Waals surface area contributed by atoms with Gasteiger partial charge in [0.15, 0.2) is 0 Å². The van der Waals surface area contributed by atoms with E-state index in [1.165, 1.54) is 47.4 Å². The molecule has 0 amide bonds. The van der Waals surface area contributed by atoms with E-state index in [4.69, 9.17) is 4.74 Å². The lowest BCUT2D eigenvalue weighted by molar-refractivity contribution is 0.00462. The van der Waals surface area contributed by atoms with E-state index in [2.05, 4.69) is 32.2 Å². The fourth-order valence-electron chi connectivity index (χ4n) is 2.94. The van der Waals surface area contributed by atoms with Gasteiger partial charge < -0.3 is 10.1 Å². The Kier molecular flexibility index (Phi) is 6.53. The van der Waals surface area contributed by atoms with E-state index in [1.807, 2.05) is 11.3 Å². The van der Waals surface area contributed by atoms with Crippen LogP contribution in [0, 0.1) is 12.8 Å². The highest BCUT2D eigenvalue weighted by atomic mass is 32.1. The van der Waals surface area contributed by atoms with Crippen LogP contribution < -0.4 is 5.32 Å². The molecule has 1 N–H and O–H groups in total. The van der Waals surface area contributed by atoms with Crippen molar-refractivity contribution < 1.29 is 4.74 Å². The van der Waals surface area contributed by atoms with Crippen molar-refractivity contribution in [2.75, 3.05) is 6.54 Å². The van der Waals surface area contributed by atoms with E-state index in [0.29, 0.717) is 6.10 Å². The second-order valence-corrected chi connectivity index (χ2v) is 7.52. The van der Waals surface area contributed by atoms with Gasteiger partial charge in [0.2, 0.25) is 0 Å². The molecular formula is C17H29NOS. The van der Waals surface area contributed by atoms with Gasteiger partial charge in [-0.1, -0.05) is 26.7 Å². The summed E-state index contributed by atoms with van der Waals surface area (Å²) in [5.74, 6) is 0.839. The maximum Gasteiger partial charge on any atom is 0.0731 e. The van der Waals surface area contributed by atoms with Crippen LogP contribution in [0.5, 0.6) is 0 Å². The third-order valence-electron chi connectivity index (χ3n) is 4.16. The number of nitrogens with one attached hydrogen (secondary N) is 1. The van der Waals surface area contributed by atoms with Crippen molar-refractivity contribution in [3.05, 3.63) is 21.4 Å². The molecule has 1 fully saturated rings. The highest BCUT2D eigenvalue weighted by Gasteiger charge is 2.19. The Morgan fingerprint density at radius 2 is 2.25 bits per heavy atom. The van der Waals surface area contributed by atoms with Crippen LogP contribution in [0.15, 0.2) is 6.07 Å². The maximum atomic E-state index is 6.15. The highest BCUT2D eigenvalue weighted by molar-refractivity contribution is 7.12. The number of hydrogen-bond acceptors (Lipinski definition) is 3. The molecule has 1 aromatic rings. The van der Waals surface area contributed by atoms with Crippen LogP contribution in [0.25, 0.3) is 0 Å². The molecule has 1 aliphatic rings. The monoisotopic (exact) mass is 295 g/mol. The van der Waals surface area contributed by atoms with Crippen LogP contribution in [0.2, 0.25) is 0 Å². The molecule has 0 radical (unpaired) electrons. The molecule has 1 aliphatic carbocycles. The van der Waals surface area contributed by atoms with Crippen LogP contribution in [-0.2, 0) is 17.9 Å². The fraction of sp³-hybridized carbons (Fsp3) is 0.765. The predicted molar refractivity (Wildman–Crippen MR) is 87.3 cm³/mol. The van der Waals surface area contributed by atoms with Gasteiger partial charge in [-0.25, -0.2) is 0 Å². The van der Waals surface area contributed by atoms with E-state index >= 15 is 0 Å². The highest BCUT2D eigenvalue weighted by Crippen LogP contribution is 2.28. The van der Waals surface area contributed by atoms with Gasteiger partial charge in [0.05, 0.1) is 12.7 Å². The minimum atomic E-state index is 0.486. The third kappa shape index (κ3) is 4.87. The summed E-state index contributed by atoms with van der Waals surface area (Å²) in [6.45, 7) is 9.67. The lowest BCUT2D eigenvalue weighted by atomic mass is 9.89. The van der Waals surface area contributed by atoms with Crippen LogP contribution in [0.3, 0.4) is 0 Å². The summed E-state index contributed by atoms with van der Waals surface area (Å²) in [6, 6.07) is 2.33. The van der Waals surface area contributed by atoms with Crippen molar-refractivity contribution >= 4 is 11.3 Å². The number of thiophene rings is 1. The van der Waals surface area contributed by atoms with Crippen molar-refractivity contribution in [2.45, 2.75) is 72.1 Å². The first-order chi connectivity index (χ1) is 9.69. The van der Waals surface area contributed by atoms with E-state index in [9.17, 15) is 0 Å². The number of ether oxygens (including phenoxy) is 1. The van der Waals surface area contributed by atoms with Gasteiger partial charge in [0, 0.05) is 16.3 Å². The average molecular weight is 295 g/mol. The maximum absolute atomic E-state index is 6.15. The van der Waals surface area contributed by atoms with Crippen LogP contribution in [0.4, 0.5) is 0 Å². The summed E-state index contributed by atoms with van der Waals surface area (Å²) in [6.07, 6.45) is 6.89. The van der Waals surface area contributed by atoms with Gasteiger partial charge in [0.1, 0.15) is 0 Å². The minimum Gasteiger partial charge on any atom is -0.373 e. The van der Waals surface area contributed by atoms with Crippen LogP contribution in [-0.4, -0.2) is 12.6 Å². The Bertz CT molecular complexity index is 402. The zero-order chi connectivity index (χ0) is 14.4. The zero-order valence-electron chi connectivity index (χ0n) is 13.2. The summed E-state index contributed by atoms with van der Waals surface area (Å²) < 4.78 is 6.15. The Morgan fingerprint density at radius 3 is 3.00 bits per heavy atom. The molecule has 20 heavy (non-hydrogen) atoms. The Hall–Kier alpha value is -0.380. The van der Waals surface area contributed by atoms with Gasteiger partial charge in [-0.3, -0.25) is 0 Å². The summed E-state index contributed by atoms with van der Waals surface area (Å²) >= 11 is 1.91. The molecule has 0 aliphatic heterocycles. The van der Waals surface area contributed by atoms with Crippen molar-refractivity contribution in [3.8, 4) is 0 Å². The normalized spacial score (nSPS) is 23.1. The molecule has 2 rings (SSSR count).